The summed E-state index contributed by atoms with van der Waals surface area (Å²) < 4.78 is 0. The van der Waals surface area contributed by atoms with Gasteiger partial charge in [-0.2, -0.15) is 0 Å². The van der Waals surface area contributed by atoms with Crippen LogP contribution in [0.5, 0.6) is 0 Å². The lowest BCUT2D eigenvalue weighted by atomic mass is 9.99. The van der Waals surface area contributed by atoms with Crippen molar-refractivity contribution in [3.05, 3.63) is 41.5 Å². The quantitative estimate of drug-likeness (QED) is 0.832. The van der Waals surface area contributed by atoms with Crippen LogP contribution >= 0.6 is 0 Å². The Morgan fingerprint density at radius 3 is 2.83 bits per heavy atom. The lowest BCUT2D eigenvalue weighted by Gasteiger charge is -2.30. The lowest BCUT2D eigenvalue weighted by Crippen LogP contribution is -2.25. The molecule has 0 bridgehead atoms. The molecule has 0 aliphatic carbocycles. The van der Waals surface area contributed by atoms with Gasteiger partial charge in [-0.25, -0.2) is 0 Å². The second-order valence-corrected chi connectivity index (χ2v) is 4.70. The molecule has 3 rings (SSSR count). The minimum absolute atomic E-state index is 0.458. The minimum atomic E-state index is 0.458. The largest absolute Gasteiger partial charge is 0.382 e. The maximum Gasteiger partial charge on any atom is 0.155 e. The second kappa shape index (κ2) is 4.29. The third-order valence-corrected chi connectivity index (χ3v) is 3.30. The highest BCUT2D eigenvalue weighted by Gasteiger charge is 2.19. The number of fused-ring (bicyclic) bond motifs is 1. The van der Waals surface area contributed by atoms with Crippen molar-refractivity contribution in [2.75, 3.05) is 17.2 Å². The average Bonchev–Trinajstić information content (AvgIpc) is 2.38. The Balaban J connectivity index is 2.03. The van der Waals surface area contributed by atoms with E-state index in [-0.39, 0.29) is 0 Å². The maximum atomic E-state index is 5.58. The monoisotopic (exact) mass is 240 g/mol. The molecule has 2 heterocycles. The van der Waals surface area contributed by atoms with Crippen LogP contribution in [0.15, 0.2) is 30.3 Å². The molecule has 0 unspecified atom stereocenters. The van der Waals surface area contributed by atoms with Gasteiger partial charge in [0.15, 0.2) is 5.82 Å². The molecule has 4 heteroatoms. The van der Waals surface area contributed by atoms with Gasteiger partial charge < -0.3 is 10.6 Å². The van der Waals surface area contributed by atoms with Crippen LogP contribution < -0.4 is 10.6 Å². The number of benzene rings is 1. The molecular weight excluding hydrogens is 224 g/mol. The van der Waals surface area contributed by atoms with Gasteiger partial charge in [0.2, 0.25) is 0 Å². The molecule has 1 aliphatic heterocycles. The van der Waals surface area contributed by atoms with E-state index in [4.69, 9.17) is 5.73 Å². The maximum absolute atomic E-state index is 5.58. The van der Waals surface area contributed by atoms with E-state index >= 15 is 0 Å². The molecule has 0 radical (unpaired) electrons. The Kier molecular flexibility index (Phi) is 2.63. The third kappa shape index (κ3) is 1.90. The zero-order valence-electron chi connectivity index (χ0n) is 10.4. The molecule has 1 aromatic carbocycles. The highest BCUT2D eigenvalue weighted by molar-refractivity contribution is 5.66. The zero-order valence-corrected chi connectivity index (χ0v) is 10.4. The number of rotatable bonds is 1. The SMILES string of the molecule is Cc1ccc2c(c1)CCCN2c1ccc(N)nn1. The Bertz CT molecular complexity index is 563. The molecule has 0 saturated carbocycles. The molecule has 92 valence electrons. The normalized spacial score (nSPS) is 14.4. The number of hydrogen-bond acceptors (Lipinski definition) is 4. The van der Waals surface area contributed by atoms with E-state index < -0.39 is 0 Å². The summed E-state index contributed by atoms with van der Waals surface area (Å²) in [4.78, 5) is 2.21. The molecule has 1 aliphatic rings. The summed E-state index contributed by atoms with van der Waals surface area (Å²) in [6, 6.07) is 10.3. The average molecular weight is 240 g/mol. The molecule has 2 aromatic rings. The first-order valence-electron chi connectivity index (χ1n) is 6.20. The van der Waals surface area contributed by atoms with Crippen molar-refractivity contribution in [2.24, 2.45) is 0 Å². The van der Waals surface area contributed by atoms with Crippen LogP contribution in [0.25, 0.3) is 0 Å². The molecule has 0 spiro atoms. The number of nitrogen functional groups attached to an aromatic ring is 1. The van der Waals surface area contributed by atoms with Crippen LogP contribution in [0.4, 0.5) is 17.3 Å². The molecule has 1 aromatic heterocycles. The molecule has 0 amide bonds. The van der Waals surface area contributed by atoms with E-state index in [0.29, 0.717) is 5.82 Å². The predicted octanol–water partition coefficient (Wildman–Crippen LogP) is 2.45. The van der Waals surface area contributed by atoms with E-state index in [2.05, 4.69) is 40.2 Å². The Hall–Kier alpha value is -2.10. The van der Waals surface area contributed by atoms with Crippen LogP contribution in [0, 0.1) is 6.92 Å². The summed E-state index contributed by atoms with van der Waals surface area (Å²) >= 11 is 0. The van der Waals surface area contributed by atoms with Gasteiger partial charge >= 0.3 is 0 Å². The van der Waals surface area contributed by atoms with Gasteiger partial charge in [-0.15, -0.1) is 10.2 Å². The fourth-order valence-electron chi connectivity index (χ4n) is 2.44. The number of nitrogens with two attached hydrogens (primary N) is 1. The second-order valence-electron chi connectivity index (χ2n) is 4.70. The van der Waals surface area contributed by atoms with Crippen molar-refractivity contribution in [1.29, 1.82) is 0 Å². The predicted molar refractivity (Wildman–Crippen MR) is 73.0 cm³/mol. The molecule has 2 N–H and O–H groups in total. The van der Waals surface area contributed by atoms with E-state index in [1.807, 2.05) is 6.07 Å². The number of anilines is 3. The van der Waals surface area contributed by atoms with Crippen LogP contribution in [0.2, 0.25) is 0 Å². The van der Waals surface area contributed by atoms with Crippen LogP contribution in [0.1, 0.15) is 17.5 Å². The Morgan fingerprint density at radius 2 is 2.06 bits per heavy atom. The van der Waals surface area contributed by atoms with Gasteiger partial charge in [0, 0.05) is 12.2 Å². The number of nitrogens with zero attached hydrogens (tertiary/aromatic N) is 3. The first kappa shape index (κ1) is 11.0. The number of aromatic nitrogens is 2. The first-order valence-corrected chi connectivity index (χ1v) is 6.20. The molecular formula is C14H16N4. The fourth-order valence-corrected chi connectivity index (χ4v) is 2.44. The van der Waals surface area contributed by atoms with Gasteiger partial charge in [-0.1, -0.05) is 17.7 Å². The van der Waals surface area contributed by atoms with Crippen molar-refractivity contribution < 1.29 is 0 Å². The van der Waals surface area contributed by atoms with Gasteiger partial charge in [0.1, 0.15) is 5.82 Å². The van der Waals surface area contributed by atoms with E-state index in [1.54, 1.807) is 6.07 Å². The van der Waals surface area contributed by atoms with Crippen LogP contribution in [-0.4, -0.2) is 16.7 Å². The summed E-state index contributed by atoms with van der Waals surface area (Å²) in [6.07, 6.45) is 2.28. The highest BCUT2D eigenvalue weighted by Crippen LogP contribution is 2.32. The Labute approximate surface area is 106 Å². The summed E-state index contributed by atoms with van der Waals surface area (Å²) in [5.74, 6) is 1.33. The van der Waals surface area contributed by atoms with Gasteiger partial charge in [-0.3, -0.25) is 0 Å². The standard InChI is InChI=1S/C14H16N4/c1-10-4-5-12-11(9-10)3-2-8-18(12)14-7-6-13(15)16-17-14/h4-7,9H,2-3,8H2,1H3,(H2,15,16). The lowest BCUT2D eigenvalue weighted by molar-refractivity contribution is 0.753. The van der Waals surface area contributed by atoms with Crippen LogP contribution in [-0.2, 0) is 6.42 Å². The fraction of sp³-hybridized carbons (Fsp3) is 0.286. The number of hydrogen-bond donors (Lipinski definition) is 1. The molecule has 0 fully saturated rings. The number of aryl methyl sites for hydroxylation is 2. The van der Waals surface area contributed by atoms with Crippen LogP contribution in [0.3, 0.4) is 0 Å². The smallest absolute Gasteiger partial charge is 0.155 e. The van der Waals surface area contributed by atoms with Crippen molar-refractivity contribution in [3.8, 4) is 0 Å². The van der Waals surface area contributed by atoms with Gasteiger partial charge in [0.05, 0.1) is 0 Å². The topological polar surface area (TPSA) is 55.0 Å². The Morgan fingerprint density at radius 1 is 1.17 bits per heavy atom. The summed E-state index contributed by atoms with van der Waals surface area (Å²) in [7, 11) is 0. The zero-order chi connectivity index (χ0) is 12.5. The van der Waals surface area contributed by atoms with Gasteiger partial charge in [-0.05, 0) is 43.5 Å². The van der Waals surface area contributed by atoms with E-state index in [1.165, 1.54) is 16.8 Å². The van der Waals surface area contributed by atoms with Crippen molar-refractivity contribution in [2.45, 2.75) is 19.8 Å². The summed E-state index contributed by atoms with van der Waals surface area (Å²) in [6.45, 7) is 3.11. The molecule has 4 nitrogen and oxygen atoms in total. The summed E-state index contributed by atoms with van der Waals surface area (Å²) in [5, 5.41) is 8.11. The summed E-state index contributed by atoms with van der Waals surface area (Å²) in [5.41, 5.74) is 9.51. The third-order valence-electron chi connectivity index (χ3n) is 3.30. The van der Waals surface area contributed by atoms with Gasteiger partial charge in [0.25, 0.3) is 0 Å². The minimum Gasteiger partial charge on any atom is -0.382 e. The van der Waals surface area contributed by atoms with E-state index in [0.717, 1.165) is 25.2 Å². The van der Waals surface area contributed by atoms with E-state index in [9.17, 15) is 0 Å². The molecule has 0 saturated heterocycles. The van der Waals surface area contributed by atoms with Crippen molar-refractivity contribution >= 4 is 17.3 Å². The van der Waals surface area contributed by atoms with Crippen molar-refractivity contribution in [1.82, 2.24) is 10.2 Å². The van der Waals surface area contributed by atoms with Crippen molar-refractivity contribution in [3.63, 3.8) is 0 Å². The first-order chi connectivity index (χ1) is 8.74. The highest BCUT2D eigenvalue weighted by atomic mass is 15.3. The molecule has 18 heavy (non-hydrogen) atoms. The molecule has 0 atom stereocenters.